The molecule has 24 heavy (non-hydrogen) atoms. The molecule has 3 rings (SSSR count). The summed E-state index contributed by atoms with van der Waals surface area (Å²) < 4.78 is 1.84. The standard InChI is InChI=1S/C18H17N3OS2/c1-13(2)10-19-18-21(16(12-24-18)17-7-4-8-23-17)20-11-14-5-3-6-15(22)9-14/h3-9,11-12,22H,1,10H2,2H3. The molecular formula is C18H17N3OS2. The lowest BCUT2D eigenvalue weighted by molar-refractivity contribution is 0.475. The number of nitrogens with zero attached hydrogens (tertiary/aromatic N) is 3. The van der Waals surface area contributed by atoms with Crippen molar-refractivity contribution in [3.63, 3.8) is 0 Å². The zero-order valence-corrected chi connectivity index (χ0v) is 14.8. The van der Waals surface area contributed by atoms with E-state index in [-0.39, 0.29) is 5.75 Å². The minimum Gasteiger partial charge on any atom is -0.508 e. The molecule has 0 fully saturated rings. The van der Waals surface area contributed by atoms with Gasteiger partial charge in [-0.25, -0.2) is 4.68 Å². The zero-order valence-electron chi connectivity index (χ0n) is 13.2. The fourth-order valence-electron chi connectivity index (χ4n) is 2.05. The van der Waals surface area contributed by atoms with Gasteiger partial charge in [-0.15, -0.1) is 22.7 Å². The third kappa shape index (κ3) is 3.90. The van der Waals surface area contributed by atoms with Gasteiger partial charge in [0.2, 0.25) is 4.80 Å². The van der Waals surface area contributed by atoms with Gasteiger partial charge in [-0.1, -0.05) is 30.4 Å². The molecule has 4 nitrogen and oxygen atoms in total. The van der Waals surface area contributed by atoms with E-state index >= 15 is 0 Å². The lowest BCUT2D eigenvalue weighted by Crippen LogP contribution is -2.12. The highest BCUT2D eigenvalue weighted by Crippen LogP contribution is 2.25. The number of rotatable bonds is 5. The number of thiazole rings is 1. The van der Waals surface area contributed by atoms with Gasteiger partial charge in [0, 0.05) is 5.38 Å². The number of aromatic hydroxyl groups is 1. The first-order valence-electron chi connectivity index (χ1n) is 7.36. The maximum Gasteiger partial charge on any atom is 0.206 e. The molecule has 0 radical (unpaired) electrons. The van der Waals surface area contributed by atoms with Crippen molar-refractivity contribution in [1.82, 2.24) is 4.68 Å². The Balaban J connectivity index is 2.04. The van der Waals surface area contributed by atoms with E-state index in [4.69, 9.17) is 0 Å². The summed E-state index contributed by atoms with van der Waals surface area (Å²) in [5.74, 6) is 0.222. The summed E-state index contributed by atoms with van der Waals surface area (Å²) in [6.07, 6.45) is 1.73. The summed E-state index contributed by atoms with van der Waals surface area (Å²) in [4.78, 5) is 6.54. The first-order valence-corrected chi connectivity index (χ1v) is 9.12. The van der Waals surface area contributed by atoms with Crippen LogP contribution in [0, 0.1) is 0 Å². The molecule has 122 valence electrons. The molecule has 0 aliphatic carbocycles. The van der Waals surface area contributed by atoms with Crippen LogP contribution in [0.15, 0.2) is 69.4 Å². The van der Waals surface area contributed by atoms with Gasteiger partial charge in [-0.2, -0.15) is 5.10 Å². The van der Waals surface area contributed by atoms with E-state index in [0.29, 0.717) is 6.54 Å². The second kappa shape index (κ2) is 7.42. The van der Waals surface area contributed by atoms with Crippen molar-refractivity contribution in [3.8, 4) is 16.3 Å². The summed E-state index contributed by atoms with van der Waals surface area (Å²) in [7, 11) is 0. The smallest absolute Gasteiger partial charge is 0.206 e. The van der Waals surface area contributed by atoms with E-state index in [1.165, 1.54) is 0 Å². The van der Waals surface area contributed by atoms with Gasteiger partial charge in [0.1, 0.15) is 5.75 Å². The molecular weight excluding hydrogens is 338 g/mol. The lowest BCUT2D eigenvalue weighted by Gasteiger charge is -2.01. The maximum atomic E-state index is 9.58. The zero-order chi connectivity index (χ0) is 16.9. The average molecular weight is 355 g/mol. The molecule has 1 N–H and O–H groups in total. The normalized spacial score (nSPS) is 12.1. The SMILES string of the molecule is C=C(C)CN=c1scc(-c2cccs2)n1N=Cc1cccc(O)c1. The molecule has 1 aromatic carbocycles. The lowest BCUT2D eigenvalue weighted by atomic mass is 10.2. The molecule has 0 atom stereocenters. The van der Waals surface area contributed by atoms with Gasteiger partial charge in [0.05, 0.1) is 23.3 Å². The molecule has 6 heteroatoms. The van der Waals surface area contributed by atoms with Crippen LogP contribution in [0.5, 0.6) is 5.75 Å². The van der Waals surface area contributed by atoms with E-state index in [1.54, 1.807) is 47.1 Å². The third-order valence-electron chi connectivity index (χ3n) is 3.14. The fourth-order valence-corrected chi connectivity index (χ4v) is 3.68. The van der Waals surface area contributed by atoms with Gasteiger partial charge in [-0.3, -0.25) is 4.99 Å². The first-order chi connectivity index (χ1) is 11.6. The molecule has 3 aromatic rings. The molecule has 0 saturated heterocycles. The first kappa shape index (κ1) is 16.4. The van der Waals surface area contributed by atoms with Crippen LogP contribution in [0.4, 0.5) is 0 Å². The van der Waals surface area contributed by atoms with E-state index in [1.807, 2.05) is 29.1 Å². The van der Waals surface area contributed by atoms with E-state index in [0.717, 1.165) is 26.5 Å². The predicted molar refractivity (Wildman–Crippen MR) is 102 cm³/mol. The van der Waals surface area contributed by atoms with Gasteiger partial charge in [-0.05, 0) is 36.1 Å². The Morgan fingerprint density at radius 3 is 2.88 bits per heavy atom. The fraction of sp³-hybridized carbons (Fsp3) is 0.111. The number of phenols is 1. The maximum absolute atomic E-state index is 9.58. The van der Waals surface area contributed by atoms with Crippen molar-refractivity contribution in [2.75, 3.05) is 6.54 Å². The van der Waals surface area contributed by atoms with Crippen molar-refractivity contribution in [1.29, 1.82) is 0 Å². The predicted octanol–water partition coefficient (Wildman–Crippen LogP) is 4.34. The van der Waals surface area contributed by atoms with Crippen molar-refractivity contribution in [2.45, 2.75) is 6.92 Å². The highest BCUT2D eigenvalue weighted by molar-refractivity contribution is 7.14. The molecule has 2 heterocycles. The Hall–Kier alpha value is -2.44. The number of hydrogen-bond donors (Lipinski definition) is 1. The van der Waals surface area contributed by atoms with E-state index in [2.05, 4.69) is 28.1 Å². The molecule has 0 aliphatic heterocycles. The van der Waals surface area contributed by atoms with E-state index in [9.17, 15) is 5.11 Å². The summed E-state index contributed by atoms with van der Waals surface area (Å²) in [5, 5.41) is 18.3. The van der Waals surface area contributed by atoms with Gasteiger partial charge in [0.15, 0.2) is 0 Å². The van der Waals surface area contributed by atoms with Crippen LogP contribution in [0.25, 0.3) is 10.6 Å². The molecule has 0 bridgehead atoms. The molecule has 0 aliphatic rings. The monoisotopic (exact) mass is 355 g/mol. The Morgan fingerprint density at radius 1 is 1.29 bits per heavy atom. The van der Waals surface area contributed by atoms with Crippen LogP contribution < -0.4 is 4.80 Å². The topological polar surface area (TPSA) is 49.9 Å². The van der Waals surface area contributed by atoms with Crippen molar-refractivity contribution < 1.29 is 5.11 Å². The minimum atomic E-state index is 0.222. The Morgan fingerprint density at radius 2 is 2.17 bits per heavy atom. The van der Waals surface area contributed by atoms with Gasteiger partial charge < -0.3 is 5.11 Å². The van der Waals surface area contributed by atoms with Crippen molar-refractivity contribution in [2.24, 2.45) is 10.1 Å². The third-order valence-corrected chi connectivity index (χ3v) is 4.88. The second-order valence-corrected chi connectivity index (χ2v) is 7.09. The molecule has 0 saturated carbocycles. The molecule has 0 unspecified atom stereocenters. The molecule has 0 amide bonds. The van der Waals surface area contributed by atoms with E-state index < -0.39 is 0 Å². The Labute approximate surface area is 148 Å². The van der Waals surface area contributed by atoms with Gasteiger partial charge >= 0.3 is 0 Å². The molecule has 0 spiro atoms. The number of aromatic nitrogens is 1. The van der Waals surface area contributed by atoms with Gasteiger partial charge in [0.25, 0.3) is 0 Å². The largest absolute Gasteiger partial charge is 0.508 e. The summed E-state index contributed by atoms with van der Waals surface area (Å²) in [5.41, 5.74) is 2.84. The highest BCUT2D eigenvalue weighted by atomic mass is 32.1. The number of benzene rings is 1. The average Bonchev–Trinajstić information content (AvgIpc) is 3.20. The Bertz CT molecular complexity index is 933. The van der Waals surface area contributed by atoms with Crippen molar-refractivity contribution >= 4 is 28.9 Å². The van der Waals surface area contributed by atoms with Crippen LogP contribution in [-0.2, 0) is 0 Å². The quantitative estimate of drug-likeness (QED) is 0.537. The van der Waals surface area contributed by atoms with Crippen LogP contribution in [0.3, 0.4) is 0 Å². The van der Waals surface area contributed by atoms with Crippen molar-refractivity contribution in [3.05, 3.63) is 69.7 Å². The van der Waals surface area contributed by atoms with Crippen LogP contribution in [0.1, 0.15) is 12.5 Å². The summed E-state index contributed by atoms with van der Waals surface area (Å²) in [6.45, 7) is 6.43. The number of thiophene rings is 1. The number of hydrogen-bond acceptors (Lipinski definition) is 5. The number of phenolic OH excluding ortho intramolecular Hbond substituents is 1. The summed E-state index contributed by atoms with van der Waals surface area (Å²) >= 11 is 3.22. The highest BCUT2D eigenvalue weighted by Gasteiger charge is 2.08. The summed E-state index contributed by atoms with van der Waals surface area (Å²) in [6, 6.07) is 11.1. The van der Waals surface area contributed by atoms with Crippen LogP contribution in [0.2, 0.25) is 0 Å². The Kier molecular flexibility index (Phi) is 5.08. The van der Waals surface area contributed by atoms with Crippen LogP contribution in [-0.4, -0.2) is 22.5 Å². The van der Waals surface area contributed by atoms with Crippen LogP contribution >= 0.6 is 22.7 Å². The minimum absolute atomic E-state index is 0.222. The molecule has 2 aromatic heterocycles. The second-order valence-electron chi connectivity index (χ2n) is 5.31.